The summed E-state index contributed by atoms with van der Waals surface area (Å²) in [5.41, 5.74) is -3.03. The molecule has 0 saturated carbocycles. The number of nitriles is 1. The minimum Gasteiger partial charge on any atom is -0.393 e. The Morgan fingerprint density at radius 2 is 2.00 bits per heavy atom. The van der Waals surface area contributed by atoms with E-state index in [1.54, 1.807) is 6.07 Å². The second-order valence-electron chi connectivity index (χ2n) is 6.29. The Morgan fingerprint density at radius 1 is 1.25 bits per heavy atom. The fourth-order valence-corrected chi connectivity index (χ4v) is 2.56. The van der Waals surface area contributed by atoms with Crippen molar-refractivity contribution in [3.05, 3.63) is 70.3 Å². The van der Waals surface area contributed by atoms with Crippen LogP contribution in [0, 0.1) is 17.1 Å². The van der Waals surface area contributed by atoms with E-state index < -0.39 is 47.4 Å². The molecule has 3 aromatic rings. The Bertz CT molecular complexity index is 1250. The SMILES string of the molecule is N#CC(CO)NC(=O)c1cc(-c2ccc(C(F)(F)F)nc2)nn(-c2cncc(F)c2)c1=O. The van der Waals surface area contributed by atoms with E-state index >= 15 is 0 Å². The lowest BCUT2D eigenvalue weighted by Gasteiger charge is -2.13. The summed E-state index contributed by atoms with van der Waals surface area (Å²) in [5, 5.41) is 24.1. The van der Waals surface area contributed by atoms with E-state index in [9.17, 15) is 27.2 Å². The van der Waals surface area contributed by atoms with Crippen LogP contribution in [-0.2, 0) is 6.18 Å². The molecule has 0 aliphatic rings. The van der Waals surface area contributed by atoms with Gasteiger partial charge in [0.2, 0.25) is 0 Å². The van der Waals surface area contributed by atoms with Crippen molar-refractivity contribution in [1.82, 2.24) is 25.1 Å². The zero-order valence-electron chi connectivity index (χ0n) is 15.8. The first-order valence-electron chi connectivity index (χ1n) is 8.74. The lowest BCUT2D eigenvalue weighted by atomic mass is 10.1. The summed E-state index contributed by atoms with van der Waals surface area (Å²) in [6, 6.07) is 3.90. The number of halogens is 4. The standard InChI is InChI=1S/C19H12F4N6O3/c20-11-3-13(8-25-7-11)29-18(32)14(17(31)27-12(5-24)9-30)4-15(28-29)10-1-2-16(26-6-10)19(21,22)23/h1-4,6-8,12,30H,9H2,(H,27,31). The van der Waals surface area contributed by atoms with Crippen molar-refractivity contribution < 1.29 is 27.5 Å². The molecule has 3 rings (SSSR count). The minimum atomic E-state index is -4.68. The van der Waals surface area contributed by atoms with E-state index in [0.717, 1.165) is 36.8 Å². The third kappa shape index (κ3) is 4.76. The third-order valence-corrected chi connectivity index (χ3v) is 4.08. The molecule has 1 atom stereocenters. The molecular weight excluding hydrogens is 436 g/mol. The van der Waals surface area contributed by atoms with Crippen LogP contribution in [0.4, 0.5) is 17.6 Å². The predicted octanol–water partition coefficient (Wildman–Crippen LogP) is 1.46. The van der Waals surface area contributed by atoms with Gasteiger partial charge in [0.15, 0.2) is 0 Å². The highest BCUT2D eigenvalue weighted by Crippen LogP contribution is 2.28. The molecule has 0 aliphatic heterocycles. The zero-order chi connectivity index (χ0) is 23.5. The molecule has 13 heteroatoms. The average Bonchev–Trinajstić information content (AvgIpc) is 2.77. The average molecular weight is 448 g/mol. The van der Waals surface area contributed by atoms with Crippen molar-refractivity contribution in [1.29, 1.82) is 5.26 Å². The number of alkyl halides is 3. The maximum atomic E-state index is 13.6. The topological polar surface area (TPSA) is 134 Å². The fraction of sp³-hybridized carbons (Fsp3) is 0.158. The zero-order valence-corrected chi connectivity index (χ0v) is 15.8. The van der Waals surface area contributed by atoms with Crippen LogP contribution < -0.4 is 10.9 Å². The van der Waals surface area contributed by atoms with E-state index in [1.807, 2.05) is 0 Å². The van der Waals surface area contributed by atoms with E-state index in [4.69, 9.17) is 10.4 Å². The first kappa shape index (κ1) is 22.5. The van der Waals surface area contributed by atoms with Gasteiger partial charge in [-0.15, -0.1) is 0 Å². The fourth-order valence-electron chi connectivity index (χ4n) is 2.56. The molecule has 0 fully saturated rings. The van der Waals surface area contributed by atoms with E-state index in [2.05, 4.69) is 20.4 Å². The lowest BCUT2D eigenvalue weighted by Crippen LogP contribution is -2.40. The van der Waals surface area contributed by atoms with Crippen molar-refractivity contribution in [2.75, 3.05) is 6.61 Å². The van der Waals surface area contributed by atoms with Crippen LogP contribution in [0.2, 0.25) is 0 Å². The van der Waals surface area contributed by atoms with Crippen molar-refractivity contribution in [2.45, 2.75) is 12.2 Å². The van der Waals surface area contributed by atoms with Gasteiger partial charge in [0, 0.05) is 17.8 Å². The van der Waals surface area contributed by atoms with Gasteiger partial charge in [-0.3, -0.25) is 19.6 Å². The highest BCUT2D eigenvalue weighted by molar-refractivity contribution is 5.95. The first-order chi connectivity index (χ1) is 15.1. The number of nitrogens with zero attached hydrogens (tertiary/aromatic N) is 5. The highest BCUT2D eigenvalue weighted by atomic mass is 19.4. The number of aliphatic hydroxyl groups excluding tert-OH is 1. The van der Waals surface area contributed by atoms with Gasteiger partial charge in [-0.1, -0.05) is 0 Å². The summed E-state index contributed by atoms with van der Waals surface area (Å²) in [7, 11) is 0. The molecule has 1 unspecified atom stereocenters. The Kier molecular flexibility index (Phi) is 6.26. The summed E-state index contributed by atoms with van der Waals surface area (Å²) in [4.78, 5) is 32.3. The van der Waals surface area contributed by atoms with Crippen LogP contribution in [0.15, 0.2) is 47.7 Å². The van der Waals surface area contributed by atoms with Gasteiger partial charge in [-0.25, -0.2) is 4.39 Å². The number of hydrogen-bond acceptors (Lipinski definition) is 7. The molecule has 0 spiro atoms. The van der Waals surface area contributed by atoms with Crippen LogP contribution >= 0.6 is 0 Å². The Morgan fingerprint density at radius 3 is 2.56 bits per heavy atom. The number of aliphatic hydroxyl groups is 1. The minimum absolute atomic E-state index is 0.0177. The summed E-state index contributed by atoms with van der Waals surface area (Å²) in [5.74, 6) is -1.87. The van der Waals surface area contributed by atoms with Gasteiger partial charge in [-0.05, 0) is 18.2 Å². The van der Waals surface area contributed by atoms with Gasteiger partial charge >= 0.3 is 6.18 Å². The van der Waals surface area contributed by atoms with Crippen molar-refractivity contribution >= 4 is 5.91 Å². The van der Waals surface area contributed by atoms with Crippen molar-refractivity contribution in [3.8, 4) is 23.0 Å². The van der Waals surface area contributed by atoms with E-state index in [0.29, 0.717) is 10.7 Å². The van der Waals surface area contributed by atoms with Gasteiger partial charge in [0.05, 0.1) is 36.5 Å². The van der Waals surface area contributed by atoms with Crippen LogP contribution in [0.25, 0.3) is 16.9 Å². The quantitative estimate of drug-likeness (QED) is 0.565. The number of aromatic nitrogens is 4. The van der Waals surface area contributed by atoms with E-state index in [-0.39, 0.29) is 16.9 Å². The molecule has 9 nitrogen and oxygen atoms in total. The van der Waals surface area contributed by atoms with Crippen LogP contribution in [0.5, 0.6) is 0 Å². The summed E-state index contributed by atoms with van der Waals surface area (Å²) >= 11 is 0. The smallest absolute Gasteiger partial charge is 0.393 e. The van der Waals surface area contributed by atoms with Crippen molar-refractivity contribution in [2.24, 2.45) is 0 Å². The number of nitrogens with one attached hydrogen (secondary N) is 1. The molecule has 0 aromatic carbocycles. The molecule has 2 N–H and O–H groups in total. The molecular formula is C19H12F4N6O3. The maximum absolute atomic E-state index is 13.6. The number of rotatable bonds is 5. The van der Waals surface area contributed by atoms with Crippen molar-refractivity contribution in [3.63, 3.8) is 0 Å². The second kappa shape index (κ2) is 8.90. The van der Waals surface area contributed by atoms with Gasteiger partial charge < -0.3 is 10.4 Å². The monoisotopic (exact) mass is 448 g/mol. The number of carbonyl (C=O) groups is 1. The molecule has 164 valence electrons. The number of carbonyl (C=O) groups excluding carboxylic acids is 1. The van der Waals surface area contributed by atoms with Gasteiger partial charge in [0.25, 0.3) is 11.5 Å². The molecule has 0 aliphatic carbocycles. The number of hydrogen-bond donors (Lipinski definition) is 2. The molecule has 0 saturated heterocycles. The van der Waals surface area contributed by atoms with Gasteiger partial charge in [0.1, 0.15) is 23.1 Å². The Balaban J connectivity index is 2.17. The summed E-state index contributed by atoms with van der Waals surface area (Å²) in [6.07, 6.45) is -1.89. The molecule has 0 bridgehead atoms. The predicted molar refractivity (Wildman–Crippen MR) is 99.8 cm³/mol. The summed E-state index contributed by atoms with van der Waals surface area (Å²) < 4.78 is 52.6. The van der Waals surface area contributed by atoms with Gasteiger partial charge in [-0.2, -0.15) is 28.2 Å². The largest absolute Gasteiger partial charge is 0.433 e. The lowest BCUT2D eigenvalue weighted by molar-refractivity contribution is -0.141. The second-order valence-corrected chi connectivity index (χ2v) is 6.29. The number of pyridine rings is 2. The first-order valence-corrected chi connectivity index (χ1v) is 8.74. The molecule has 3 heterocycles. The van der Waals surface area contributed by atoms with Crippen LogP contribution in [0.1, 0.15) is 16.1 Å². The molecule has 0 radical (unpaired) electrons. The van der Waals surface area contributed by atoms with Crippen LogP contribution in [0.3, 0.4) is 0 Å². The summed E-state index contributed by atoms with van der Waals surface area (Å²) in [6.45, 7) is -0.731. The normalized spacial score (nSPS) is 12.1. The van der Waals surface area contributed by atoms with Crippen LogP contribution in [-0.4, -0.2) is 43.4 Å². The maximum Gasteiger partial charge on any atom is 0.433 e. The molecule has 3 aromatic heterocycles. The Hall–Kier alpha value is -4.18. The molecule has 1 amide bonds. The Labute approximate surface area is 176 Å². The van der Waals surface area contributed by atoms with E-state index in [1.165, 1.54) is 0 Å². The third-order valence-electron chi connectivity index (χ3n) is 4.08. The number of amides is 1. The highest BCUT2D eigenvalue weighted by Gasteiger charge is 2.32. The molecule has 32 heavy (non-hydrogen) atoms.